The molecule has 2 atom stereocenters. The lowest BCUT2D eigenvalue weighted by atomic mass is 9.51. The van der Waals surface area contributed by atoms with Gasteiger partial charge in [-0.1, -0.05) is 32.9 Å². The van der Waals surface area contributed by atoms with Crippen LogP contribution in [0.5, 0.6) is 0 Å². The van der Waals surface area contributed by atoms with Crippen LogP contribution in [0.3, 0.4) is 0 Å². The Morgan fingerprint density at radius 2 is 1.82 bits per heavy atom. The molecule has 2 heteroatoms. The van der Waals surface area contributed by atoms with Crippen LogP contribution in [0.2, 0.25) is 0 Å². The van der Waals surface area contributed by atoms with Crippen molar-refractivity contribution >= 4 is 0 Å². The zero-order valence-corrected chi connectivity index (χ0v) is 11.3. The predicted octanol–water partition coefficient (Wildman–Crippen LogP) is 3.52. The van der Waals surface area contributed by atoms with Crippen LogP contribution in [0.4, 0.5) is 0 Å². The molecule has 96 valence electrons. The molecule has 2 nitrogen and oxygen atoms in total. The average Bonchev–Trinajstić information content (AvgIpc) is 2.71. The Morgan fingerprint density at radius 1 is 1.12 bits per heavy atom. The summed E-state index contributed by atoms with van der Waals surface area (Å²) in [6, 6.07) is 0. The van der Waals surface area contributed by atoms with Gasteiger partial charge in [0.2, 0.25) is 0 Å². The van der Waals surface area contributed by atoms with E-state index in [0.29, 0.717) is 5.92 Å². The Bertz CT molecular complexity index is 339. The lowest BCUT2D eigenvalue weighted by Crippen LogP contribution is -2.58. The topological polar surface area (TPSA) is 18.5 Å². The van der Waals surface area contributed by atoms with Crippen molar-refractivity contribution in [2.45, 2.75) is 52.2 Å². The molecule has 1 saturated heterocycles. The fourth-order valence-corrected chi connectivity index (χ4v) is 4.55. The SMILES string of the molecule is CC1(C)C=CC[C@]2(C)[C@@H]1CCCC21OCCO1. The van der Waals surface area contributed by atoms with Crippen LogP contribution in [0.1, 0.15) is 46.5 Å². The van der Waals surface area contributed by atoms with Crippen LogP contribution in [-0.4, -0.2) is 19.0 Å². The molecule has 0 amide bonds. The van der Waals surface area contributed by atoms with Gasteiger partial charge in [-0.15, -0.1) is 0 Å². The first-order valence-electron chi connectivity index (χ1n) is 6.96. The van der Waals surface area contributed by atoms with Crippen LogP contribution in [-0.2, 0) is 9.47 Å². The van der Waals surface area contributed by atoms with Gasteiger partial charge in [0.25, 0.3) is 0 Å². The van der Waals surface area contributed by atoms with Gasteiger partial charge in [0.1, 0.15) is 0 Å². The van der Waals surface area contributed by atoms with E-state index in [2.05, 4.69) is 32.9 Å². The van der Waals surface area contributed by atoms with Crippen molar-refractivity contribution < 1.29 is 9.47 Å². The maximum Gasteiger partial charge on any atom is 0.174 e. The maximum absolute atomic E-state index is 6.09. The van der Waals surface area contributed by atoms with Crippen LogP contribution in [0.25, 0.3) is 0 Å². The van der Waals surface area contributed by atoms with Crippen molar-refractivity contribution in [3.05, 3.63) is 12.2 Å². The van der Waals surface area contributed by atoms with E-state index >= 15 is 0 Å². The summed E-state index contributed by atoms with van der Waals surface area (Å²) in [6.07, 6.45) is 9.45. The lowest BCUT2D eigenvalue weighted by molar-refractivity contribution is -0.278. The summed E-state index contributed by atoms with van der Waals surface area (Å²) < 4.78 is 12.2. The molecule has 0 unspecified atom stereocenters. The summed E-state index contributed by atoms with van der Waals surface area (Å²) in [6.45, 7) is 8.64. The third kappa shape index (κ3) is 1.47. The molecule has 1 spiro atoms. The molecule has 0 radical (unpaired) electrons. The van der Waals surface area contributed by atoms with Crippen molar-refractivity contribution in [2.75, 3.05) is 13.2 Å². The quantitative estimate of drug-likeness (QED) is 0.599. The third-order valence-electron chi connectivity index (χ3n) is 5.38. The van der Waals surface area contributed by atoms with Crippen LogP contribution in [0.15, 0.2) is 12.2 Å². The molecule has 2 aliphatic carbocycles. The molecule has 2 fully saturated rings. The highest BCUT2D eigenvalue weighted by molar-refractivity contribution is 5.16. The third-order valence-corrected chi connectivity index (χ3v) is 5.38. The first-order chi connectivity index (χ1) is 8.00. The first-order valence-corrected chi connectivity index (χ1v) is 6.96. The second-order valence-corrected chi connectivity index (χ2v) is 6.74. The van der Waals surface area contributed by atoms with E-state index in [1.54, 1.807) is 0 Å². The molecule has 3 aliphatic rings. The molecule has 17 heavy (non-hydrogen) atoms. The van der Waals surface area contributed by atoms with Crippen LogP contribution < -0.4 is 0 Å². The molecule has 0 aromatic heterocycles. The molecule has 1 aliphatic heterocycles. The minimum absolute atomic E-state index is 0.153. The van der Waals surface area contributed by atoms with E-state index in [1.165, 1.54) is 12.8 Å². The molecule has 0 N–H and O–H groups in total. The van der Waals surface area contributed by atoms with Gasteiger partial charge < -0.3 is 9.47 Å². The summed E-state index contributed by atoms with van der Waals surface area (Å²) >= 11 is 0. The van der Waals surface area contributed by atoms with Crippen molar-refractivity contribution in [1.82, 2.24) is 0 Å². The molecule has 0 bridgehead atoms. The lowest BCUT2D eigenvalue weighted by Gasteiger charge is -2.58. The van der Waals surface area contributed by atoms with E-state index in [-0.39, 0.29) is 16.6 Å². The number of ether oxygens (including phenoxy) is 2. The first kappa shape index (κ1) is 11.7. The van der Waals surface area contributed by atoms with Crippen LogP contribution in [0, 0.1) is 16.7 Å². The monoisotopic (exact) mass is 236 g/mol. The minimum atomic E-state index is -0.294. The van der Waals surface area contributed by atoms with E-state index < -0.39 is 0 Å². The highest BCUT2D eigenvalue weighted by Crippen LogP contribution is 2.61. The largest absolute Gasteiger partial charge is 0.347 e. The number of fused-ring (bicyclic) bond motifs is 2. The van der Waals surface area contributed by atoms with E-state index in [0.717, 1.165) is 26.1 Å². The van der Waals surface area contributed by atoms with Gasteiger partial charge in [0.05, 0.1) is 13.2 Å². The summed E-state index contributed by atoms with van der Waals surface area (Å²) in [4.78, 5) is 0. The minimum Gasteiger partial charge on any atom is -0.347 e. The molecule has 0 aromatic carbocycles. The summed E-state index contributed by atoms with van der Waals surface area (Å²) in [5, 5.41) is 0. The fraction of sp³-hybridized carbons (Fsp3) is 0.867. The summed E-state index contributed by atoms with van der Waals surface area (Å²) in [7, 11) is 0. The number of allylic oxidation sites excluding steroid dienone is 2. The Hall–Kier alpha value is -0.340. The van der Waals surface area contributed by atoms with Crippen molar-refractivity contribution in [3.8, 4) is 0 Å². The van der Waals surface area contributed by atoms with Crippen molar-refractivity contribution in [1.29, 1.82) is 0 Å². The molecule has 3 rings (SSSR count). The standard InChI is InChI=1S/C15H24O2/c1-13(2)7-5-8-14(3)12(13)6-4-9-15(14)16-10-11-17-15/h5,7,12H,4,6,8-11H2,1-3H3/t12-,14-/m1/s1. The number of rotatable bonds is 0. The molecule has 0 aromatic rings. The maximum atomic E-state index is 6.09. The zero-order chi connectivity index (χ0) is 12.1. The van der Waals surface area contributed by atoms with E-state index in [4.69, 9.17) is 9.47 Å². The predicted molar refractivity (Wildman–Crippen MR) is 67.6 cm³/mol. The van der Waals surface area contributed by atoms with Gasteiger partial charge in [0.15, 0.2) is 5.79 Å². The van der Waals surface area contributed by atoms with Crippen molar-refractivity contribution in [3.63, 3.8) is 0 Å². The van der Waals surface area contributed by atoms with Gasteiger partial charge in [-0.05, 0) is 30.6 Å². The molecule has 1 saturated carbocycles. The van der Waals surface area contributed by atoms with Crippen LogP contribution >= 0.6 is 0 Å². The van der Waals surface area contributed by atoms with E-state index in [1.807, 2.05) is 0 Å². The Morgan fingerprint density at radius 3 is 2.53 bits per heavy atom. The summed E-state index contributed by atoms with van der Waals surface area (Å²) in [5.74, 6) is 0.379. The molecular weight excluding hydrogens is 212 g/mol. The molecule has 1 heterocycles. The zero-order valence-electron chi connectivity index (χ0n) is 11.3. The Labute approximate surface area is 104 Å². The highest BCUT2D eigenvalue weighted by Gasteiger charge is 2.61. The van der Waals surface area contributed by atoms with Crippen molar-refractivity contribution in [2.24, 2.45) is 16.7 Å². The van der Waals surface area contributed by atoms with Gasteiger partial charge in [-0.2, -0.15) is 0 Å². The fourth-order valence-electron chi connectivity index (χ4n) is 4.55. The second kappa shape index (κ2) is 3.58. The Balaban J connectivity index is 2.03. The van der Waals surface area contributed by atoms with E-state index in [9.17, 15) is 0 Å². The smallest absolute Gasteiger partial charge is 0.174 e. The van der Waals surface area contributed by atoms with Gasteiger partial charge in [0, 0.05) is 11.8 Å². The summed E-state index contributed by atoms with van der Waals surface area (Å²) in [5.41, 5.74) is 0.426. The average molecular weight is 236 g/mol. The van der Waals surface area contributed by atoms with Gasteiger partial charge in [-0.3, -0.25) is 0 Å². The second-order valence-electron chi connectivity index (χ2n) is 6.74. The van der Waals surface area contributed by atoms with Gasteiger partial charge in [-0.25, -0.2) is 0 Å². The Kier molecular flexibility index (Phi) is 2.47. The normalized spacial score (nSPS) is 42.6. The highest BCUT2D eigenvalue weighted by atomic mass is 16.7. The molecular formula is C15H24O2. The number of hydrogen-bond donors (Lipinski definition) is 0. The number of hydrogen-bond acceptors (Lipinski definition) is 2. The van der Waals surface area contributed by atoms with Gasteiger partial charge >= 0.3 is 0 Å².